The fourth-order valence-electron chi connectivity index (χ4n) is 4.20. The van der Waals surface area contributed by atoms with Crippen molar-refractivity contribution >= 4 is 16.9 Å². The van der Waals surface area contributed by atoms with Gasteiger partial charge in [0.25, 0.3) is 0 Å². The van der Waals surface area contributed by atoms with E-state index in [1.54, 1.807) is 9.13 Å². The van der Waals surface area contributed by atoms with E-state index in [1.807, 2.05) is 57.2 Å². The second kappa shape index (κ2) is 8.88. The van der Waals surface area contributed by atoms with Crippen molar-refractivity contribution in [3.8, 4) is 11.5 Å². The monoisotopic (exact) mass is 423 g/mol. The van der Waals surface area contributed by atoms with Gasteiger partial charge in [0.1, 0.15) is 17.6 Å². The van der Waals surface area contributed by atoms with Crippen LogP contribution in [0.3, 0.4) is 0 Å². The lowest BCUT2D eigenvalue weighted by Crippen LogP contribution is -2.28. The SMILES string of the molecule is CCOc1cc2c(cc1CNC(=O)CCn1c(=O)n(CC)c3ccccc31)O[C@@H](C)C2. The summed E-state index contributed by atoms with van der Waals surface area (Å²) in [5.41, 5.74) is 3.69. The molecular weight excluding hydrogens is 394 g/mol. The first-order valence-electron chi connectivity index (χ1n) is 10.9. The van der Waals surface area contributed by atoms with Gasteiger partial charge >= 0.3 is 5.69 Å². The molecule has 7 nitrogen and oxygen atoms in total. The number of hydrogen-bond acceptors (Lipinski definition) is 4. The maximum Gasteiger partial charge on any atom is 0.329 e. The smallest absolute Gasteiger partial charge is 0.329 e. The number of imidazole rings is 1. The second-order valence-corrected chi connectivity index (χ2v) is 7.83. The van der Waals surface area contributed by atoms with Gasteiger partial charge in [-0.05, 0) is 45.0 Å². The number of rotatable bonds is 8. The zero-order chi connectivity index (χ0) is 22.0. The highest BCUT2D eigenvalue weighted by molar-refractivity contribution is 5.78. The standard InChI is InChI=1S/C24H29N3O4/c1-4-26-19-8-6-7-9-20(19)27(24(26)29)11-10-23(28)25-15-18-14-22-17(12-16(3)31-22)13-21(18)30-5-2/h6-9,13-14,16H,4-5,10-12,15H2,1-3H3,(H,25,28)/t16-/m0/s1. The van der Waals surface area contributed by atoms with Gasteiger partial charge in [0, 0.05) is 43.6 Å². The predicted octanol–water partition coefficient (Wildman–Crippen LogP) is 3.25. The van der Waals surface area contributed by atoms with Crippen LogP contribution < -0.4 is 20.5 Å². The van der Waals surface area contributed by atoms with Gasteiger partial charge in [-0.1, -0.05) is 12.1 Å². The van der Waals surface area contributed by atoms with Gasteiger partial charge in [-0.3, -0.25) is 13.9 Å². The molecule has 164 valence electrons. The van der Waals surface area contributed by atoms with E-state index in [4.69, 9.17) is 9.47 Å². The van der Waals surface area contributed by atoms with Gasteiger partial charge in [-0.2, -0.15) is 0 Å². The predicted molar refractivity (Wildman–Crippen MR) is 120 cm³/mol. The summed E-state index contributed by atoms with van der Waals surface area (Å²) in [6.07, 6.45) is 1.24. The van der Waals surface area contributed by atoms with Crippen molar-refractivity contribution in [3.63, 3.8) is 0 Å². The molecule has 0 unspecified atom stereocenters. The molecule has 0 saturated heterocycles. The van der Waals surface area contributed by atoms with E-state index in [1.165, 1.54) is 0 Å². The molecular formula is C24H29N3O4. The van der Waals surface area contributed by atoms with Crippen LogP contribution in [0, 0.1) is 0 Å². The number of para-hydroxylation sites is 2. The normalized spacial score (nSPS) is 15.0. The molecule has 7 heteroatoms. The molecule has 4 rings (SSSR count). The third-order valence-electron chi connectivity index (χ3n) is 5.66. The van der Waals surface area contributed by atoms with Crippen molar-refractivity contribution in [1.82, 2.24) is 14.5 Å². The molecule has 1 N–H and O–H groups in total. The van der Waals surface area contributed by atoms with Crippen LogP contribution >= 0.6 is 0 Å². The molecule has 31 heavy (non-hydrogen) atoms. The van der Waals surface area contributed by atoms with E-state index in [-0.39, 0.29) is 24.1 Å². The Balaban J connectivity index is 1.44. The average molecular weight is 424 g/mol. The minimum absolute atomic E-state index is 0.0833. The minimum atomic E-state index is -0.113. The van der Waals surface area contributed by atoms with Crippen molar-refractivity contribution in [2.45, 2.75) is 59.4 Å². The Morgan fingerprint density at radius 3 is 2.65 bits per heavy atom. The number of fused-ring (bicyclic) bond motifs is 2. The summed E-state index contributed by atoms with van der Waals surface area (Å²) >= 11 is 0. The Labute approximate surface area is 181 Å². The van der Waals surface area contributed by atoms with Crippen LogP contribution in [-0.2, 0) is 30.8 Å². The highest BCUT2D eigenvalue weighted by atomic mass is 16.5. The third kappa shape index (κ3) is 4.17. The first kappa shape index (κ1) is 21.0. The summed E-state index contributed by atoms with van der Waals surface area (Å²) in [7, 11) is 0. The van der Waals surface area contributed by atoms with Crippen LogP contribution in [0.5, 0.6) is 11.5 Å². The van der Waals surface area contributed by atoms with E-state index < -0.39 is 0 Å². The van der Waals surface area contributed by atoms with E-state index in [0.29, 0.717) is 26.2 Å². The van der Waals surface area contributed by atoms with Crippen molar-refractivity contribution < 1.29 is 14.3 Å². The summed E-state index contributed by atoms with van der Waals surface area (Å²) in [5, 5.41) is 2.96. The molecule has 1 aliphatic rings. The van der Waals surface area contributed by atoms with Crippen molar-refractivity contribution in [1.29, 1.82) is 0 Å². The number of aromatic nitrogens is 2. The maximum absolute atomic E-state index is 12.7. The number of carbonyl (C=O) groups excluding carboxylic acids is 1. The zero-order valence-corrected chi connectivity index (χ0v) is 18.3. The number of aryl methyl sites for hydroxylation is 2. The maximum atomic E-state index is 12.7. The molecule has 1 aromatic heterocycles. The fraction of sp³-hybridized carbons (Fsp3) is 0.417. The minimum Gasteiger partial charge on any atom is -0.494 e. The summed E-state index contributed by atoms with van der Waals surface area (Å²) in [6, 6.07) is 11.7. The summed E-state index contributed by atoms with van der Waals surface area (Å²) in [6.45, 7) is 7.77. The van der Waals surface area contributed by atoms with Crippen LogP contribution in [0.4, 0.5) is 0 Å². The molecule has 1 amide bonds. The first-order valence-corrected chi connectivity index (χ1v) is 10.9. The Hall–Kier alpha value is -3.22. The molecule has 2 heterocycles. The fourth-order valence-corrected chi connectivity index (χ4v) is 4.20. The zero-order valence-electron chi connectivity index (χ0n) is 18.3. The Bertz CT molecular complexity index is 1160. The Morgan fingerprint density at radius 1 is 1.19 bits per heavy atom. The largest absolute Gasteiger partial charge is 0.494 e. The molecule has 0 aliphatic carbocycles. The second-order valence-electron chi connectivity index (χ2n) is 7.83. The lowest BCUT2D eigenvalue weighted by molar-refractivity contribution is -0.121. The molecule has 0 saturated carbocycles. The number of hydrogen-bond donors (Lipinski definition) is 1. The van der Waals surface area contributed by atoms with E-state index >= 15 is 0 Å². The van der Waals surface area contributed by atoms with Gasteiger partial charge in [-0.25, -0.2) is 4.79 Å². The van der Waals surface area contributed by atoms with Crippen LogP contribution in [0.2, 0.25) is 0 Å². The van der Waals surface area contributed by atoms with Gasteiger partial charge in [0.05, 0.1) is 17.6 Å². The average Bonchev–Trinajstić information content (AvgIpc) is 3.25. The Morgan fingerprint density at radius 2 is 1.94 bits per heavy atom. The molecule has 2 aromatic carbocycles. The van der Waals surface area contributed by atoms with Crippen LogP contribution in [-0.4, -0.2) is 27.8 Å². The van der Waals surface area contributed by atoms with Crippen LogP contribution in [0.25, 0.3) is 11.0 Å². The number of ether oxygens (including phenoxy) is 2. The molecule has 0 fully saturated rings. The number of benzene rings is 2. The molecule has 0 radical (unpaired) electrons. The van der Waals surface area contributed by atoms with E-state index in [0.717, 1.165) is 40.1 Å². The third-order valence-corrected chi connectivity index (χ3v) is 5.66. The molecule has 1 atom stereocenters. The van der Waals surface area contributed by atoms with E-state index in [9.17, 15) is 9.59 Å². The van der Waals surface area contributed by atoms with Crippen molar-refractivity contribution in [2.24, 2.45) is 0 Å². The highest BCUT2D eigenvalue weighted by Gasteiger charge is 2.22. The first-order chi connectivity index (χ1) is 15.0. The number of nitrogens with zero attached hydrogens (tertiary/aromatic N) is 2. The lowest BCUT2D eigenvalue weighted by Gasteiger charge is -2.13. The summed E-state index contributed by atoms with van der Waals surface area (Å²) in [4.78, 5) is 25.3. The number of carbonyl (C=O) groups is 1. The van der Waals surface area contributed by atoms with Gasteiger partial charge in [-0.15, -0.1) is 0 Å². The van der Waals surface area contributed by atoms with Crippen molar-refractivity contribution in [3.05, 3.63) is 58.0 Å². The highest BCUT2D eigenvalue weighted by Crippen LogP contribution is 2.35. The molecule has 3 aromatic rings. The molecule has 0 spiro atoms. The van der Waals surface area contributed by atoms with Gasteiger partial charge in [0.2, 0.25) is 5.91 Å². The molecule has 1 aliphatic heterocycles. The lowest BCUT2D eigenvalue weighted by atomic mass is 10.1. The summed E-state index contributed by atoms with van der Waals surface area (Å²) < 4.78 is 15.0. The van der Waals surface area contributed by atoms with Crippen LogP contribution in [0.15, 0.2) is 41.2 Å². The molecule has 0 bridgehead atoms. The van der Waals surface area contributed by atoms with E-state index in [2.05, 4.69) is 5.32 Å². The van der Waals surface area contributed by atoms with Crippen molar-refractivity contribution in [2.75, 3.05) is 6.61 Å². The van der Waals surface area contributed by atoms with Gasteiger partial charge in [0.15, 0.2) is 0 Å². The van der Waals surface area contributed by atoms with Crippen LogP contribution in [0.1, 0.15) is 38.3 Å². The van der Waals surface area contributed by atoms with Gasteiger partial charge < -0.3 is 14.8 Å². The Kier molecular flexibility index (Phi) is 6.02. The number of nitrogens with one attached hydrogen (secondary N) is 1. The number of amides is 1. The summed E-state index contributed by atoms with van der Waals surface area (Å²) in [5.74, 6) is 1.53. The topological polar surface area (TPSA) is 74.5 Å². The quantitative estimate of drug-likeness (QED) is 0.604.